The van der Waals surface area contributed by atoms with E-state index in [0.29, 0.717) is 0 Å². The van der Waals surface area contributed by atoms with Crippen molar-refractivity contribution >= 4 is 33.0 Å². The molecule has 0 fully saturated rings. The number of benzene rings is 7. The van der Waals surface area contributed by atoms with E-state index in [1.54, 1.807) is 18.5 Å². The number of hydrogen-bond acceptors (Lipinski definition) is 5. The third-order valence-corrected chi connectivity index (χ3v) is 13.2. The van der Waals surface area contributed by atoms with E-state index >= 15 is 0 Å². The smallest absolute Gasteiger partial charge is 0.501 e. The Morgan fingerprint density at radius 2 is 1.17 bits per heavy atom. The van der Waals surface area contributed by atoms with Gasteiger partial charge in [-0.25, -0.2) is 0 Å². The summed E-state index contributed by atoms with van der Waals surface area (Å²) in [6, 6.07) is 74.1. The summed E-state index contributed by atoms with van der Waals surface area (Å²) in [6.07, 6.45) is 3.47. The third kappa shape index (κ3) is 11.4. The zero-order valence-corrected chi connectivity index (χ0v) is 46.0. The molecule has 6 nitrogen and oxygen atoms in total. The minimum Gasteiger partial charge on any atom is -0.501 e. The molecule has 0 aliphatic rings. The first-order chi connectivity index (χ1) is 36.4. The number of imidazole rings is 1. The summed E-state index contributed by atoms with van der Waals surface area (Å²) in [6.45, 7) is 15.6. The molecule has 0 saturated heterocycles. The summed E-state index contributed by atoms with van der Waals surface area (Å²) < 4.78 is 21.6. The molecule has 12 aromatic rings. The number of pyridine rings is 3. The molecule has 0 spiro atoms. The molecule has 0 amide bonds. The Bertz CT molecular complexity index is 3840. The molecular formula is C68H57FIrN5O. The fourth-order valence-corrected chi connectivity index (χ4v) is 9.28. The maximum absolute atomic E-state index is 12.6. The van der Waals surface area contributed by atoms with E-state index in [2.05, 4.69) is 201 Å². The van der Waals surface area contributed by atoms with Gasteiger partial charge in [-0.15, -0.1) is 54.1 Å². The Morgan fingerprint density at radius 3 is 1.79 bits per heavy atom. The van der Waals surface area contributed by atoms with Crippen LogP contribution in [0.25, 0.3) is 94.9 Å². The van der Waals surface area contributed by atoms with Gasteiger partial charge in [0.15, 0.2) is 0 Å². The number of halogens is 1. The number of fused-ring (bicyclic) bond motifs is 4. The predicted octanol–water partition coefficient (Wildman–Crippen LogP) is 17.9. The van der Waals surface area contributed by atoms with Gasteiger partial charge in [0.25, 0.3) is 0 Å². The topological polar surface area (TPSA) is 69.6 Å². The summed E-state index contributed by atoms with van der Waals surface area (Å²) in [4.78, 5) is 18.3. The van der Waals surface area contributed by atoms with Crippen molar-refractivity contribution in [2.24, 2.45) is 0 Å². The third-order valence-electron chi connectivity index (χ3n) is 13.2. The first-order valence-corrected chi connectivity index (χ1v) is 25.4. The van der Waals surface area contributed by atoms with E-state index in [-0.39, 0.29) is 43.2 Å². The standard InChI is InChI=1S/C43H35N2O.C14H15N2.C11H7FN.Ir/c1-27(2)36-24-32(30-16-9-6-10-17-30)25-37(28(3)4)41(36)45-39-21-12-11-20-38(39)44-43(45)35-19-13-18-34-33-23-22-31(26-40(33)46-42(34)35)29-14-7-5-8-15-29;1-14(2,3)13-9-6-8-12(16-13)11-7-4-5-10-15-11;12-10-6-4-9(5-7-10)11-3-1-2-8-13-11;/h5-18,20-28H,1-4H3;4-7,9-10H,1-3H3;1-4,6-8H;/q3*-1;+3. The van der Waals surface area contributed by atoms with E-state index < -0.39 is 0 Å². The number of rotatable bonds is 8. The maximum atomic E-state index is 12.6. The van der Waals surface area contributed by atoms with Crippen molar-refractivity contribution in [1.82, 2.24) is 24.5 Å². The van der Waals surface area contributed by atoms with Crippen LogP contribution in [0.4, 0.5) is 4.39 Å². The van der Waals surface area contributed by atoms with Crippen molar-refractivity contribution in [3.05, 3.63) is 247 Å². The second-order valence-electron chi connectivity index (χ2n) is 20.1. The molecule has 0 atom stereocenters. The zero-order chi connectivity index (χ0) is 52.1. The van der Waals surface area contributed by atoms with Crippen molar-refractivity contribution in [2.45, 2.75) is 65.7 Å². The largest absolute Gasteiger partial charge is 3.00 e. The molecule has 8 heteroatoms. The first kappa shape index (κ1) is 52.7. The van der Waals surface area contributed by atoms with Gasteiger partial charge < -0.3 is 19.0 Å². The van der Waals surface area contributed by atoms with Gasteiger partial charge >= 0.3 is 20.1 Å². The minimum atomic E-state index is -0.278. The fraction of sp³-hybridized carbons (Fsp3) is 0.147. The normalized spacial score (nSPS) is 11.3. The predicted molar refractivity (Wildman–Crippen MR) is 305 cm³/mol. The molecule has 0 aliphatic carbocycles. The van der Waals surface area contributed by atoms with Crippen LogP contribution in [0.5, 0.6) is 0 Å². The van der Waals surface area contributed by atoms with Gasteiger partial charge in [-0.2, -0.15) is 12.1 Å². The van der Waals surface area contributed by atoms with E-state index in [0.717, 1.165) is 78.3 Å². The van der Waals surface area contributed by atoms with Gasteiger partial charge in [-0.05, 0) is 116 Å². The number of furan rings is 1. The molecule has 0 N–H and O–H groups in total. The fourth-order valence-electron chi connectivity index (χ4n) is 9.28. The quantitative estimate of drug-likeness (QED) is 0.142. The van der Waals surface area contributed by atoms with E-state index in [1.165, 1.54) is 45.6 Å². The number of nitrogens with zero attached hydrogens (tertiary/aromatic N) is 5. The summed E-state index contributed by atoms with van der Waals surface area (Å²) >= 11 is 0. The van der Waals surface area contributed by atoms with Gasteiger partial charge in [-0.1, -0.05) is 169 Å². The van der Waals surface area contributed by atoms with Crippen LogP contribution in [0, 0.1) is 24.0 Å². The van der Waals surface area contributed by atoms with Crippen LogP contribution in [0.3, 0.4) is 0 Å². The Morgan fingerprint density at radius 1 is 0.553 bits per heavy atom. The molecule has 0 aliphatic heterocycles. The van der Waals surface area contributed by atoms with Crippen molar-refractivity contribution < 1.29 is 28.9 Å². The Labute approximate surface area is 458 Å². The summed E-state index contributed by atoms with van der Waals surface area (Å²) in [5, 5.41) is 2.15. The van der Waals surface area contributed by atoms with Crippen molar-refractivity contribution in [3.63, 3.8) is 0 Å². The molecule has 12 rings (SSSR count). The van der Waals surface area contributed by atoms with Crippen LogP contribution in [0.1, 0.15) is 77.1 Å². The van der Waals surface area contributed by atoms with Crippen LogP contribution in [0.15, 0.2) is 211 Å². The molecule has 376 valence electrons. The summed E-state index contributed by atoms with van der Waals surface area (Å²) in [5.74, 6) is 1.13. The van der Waals surface area contributed by atoms with E-state index in [1.807, 2.05) is 60.7 Å². The van der Waals surface area contributed by atoms with Crippen molar-refractivity contribution in [2.75, 3.05) is 0 Å². The average Bonchev–Trinajstić information content (AvgIpc) is 4.05. The molecule has 0 saturated carbocycles. The molecule has 76 heavy (non-hydrogen) atoms. The van der Waals surface area contributed by atoms with Crippen molar-refractivity contribution in [3.8, 4) is 62.0 Å². The van der Waals surface area contributed by atoms with Gasteiger partial charge in [0.1, 0.15) is 5.58 Å². The maximum Gasteiger partial charge on any atom is 3.00 e. The van der Waals surface area contributed by atoms with Gasteiger partial charge in [0.05, 0.1) is 22.4 Å². The van der Waals surface area contributed by atoms with E-state index in [9.17, 15) is 4.39 Å². The van der Waals surface area contributed by atoms with Crippen LogP contribution < -0.4 is 0 Å². The van der Waals surface area contributed by atoms with Gasteiger partial charge in [0.2, 0.25) is 0 Å². The van der Waals surface area contributed by atoms with Crippen LogP contribution in [0.2, 0.25) is 0 Å². The molecule has 5 aromatic heterocycles. The first-order valence-electron chi connectivity index (χ1n) is 25.4. The van der Waals surface area contributed by atoms with Crippen LogP contribution >= 0.6 is 0 Å². The Balaban J connectivity index is 0.000000191. The van der Waals surface area contributed by atoms with E-state index in [4.69, 9.17) is 9.40 Å². The monoisotopic (exact) mass is 1170 g/mol. The second-order valence-corrected chi connectivity index (χ2v) is 20.1. The van der Waals surface area contributed by atoms with Gasteiger partial charge in [0, 0.05) is 29.3 Å². The van der Waals surface area contributed by atoms with Crippen LogP contribution in [-0.4, -0.2) is 24.5 Å². The molecule has 0 bridgehead atoms. The zero-order valence-electron chi connectivity index (χ0n) is 43.6. The number of aromatic nitrogens is 5. The minimum absolute atomic E-state index is 0. The molecule has 7 aromatic carbocycles. The average molecular weight is 1170 g/mol. The SMILES string of the molecule is CC(C)(C)c1cc[c-]c(-c2ccccn2)n1.CC(C)c1cc(-c2ccccc2)cc(C(C)C)c1-n1c(-c2[c-]ccc3c2oc2cc(-c4ccccc4)ccc23)nc2ccccc21.Fc1c[c-]c(-c2ccccn2)cc1.[Ir+3]. The van der Waals surface area contributed by atoms with Crippen molar-refractivity contribution in [1.29, 1.82) is 0 Å². The number of para-hydroxylation sites is 2. The van der Waals surface area contributed by atoms with Crippen LogP contribution in [-0.2, 0) is 25.5 Å². The number of hydrogen-bond donors (Lipinski definition) is 0. The molecule has 5 heterocycles. The Hall–Kier alpha value is -8.16. The second kappa shape index (κ2) is 23.2. The summed E-state index contributed by atoms with van der Waals surface area (Å²) in [7, 11) is 0. The molecule has 0 unspecified atom stereocenters. The van der Waals surface area contributed by atoms with Gasteiger partial charge in [-0.3, -0.25) is 14.4 Å². The molecular weight excluding hydrogens is 1110 g/mol. The summed E-state index contributed by atoms with van der Waals surface area (Å²) in [5.41, 5.74) is 17.5. The molecule has 0 radical (unpaired) electrons. The Kier molecular flexibility index (Phi) is 16.1.